The van der Waals surface area contributed by atoms with Gasteiger partial charge in [-0.05, 0) is 42.8 Å². The number of fused-ring (bicyclic) bond motifs is 1. The molecule has 0 radical (unpaired) electrons. The van der Waals surface area contributed by atoms with Crippen LogP contribution in [0.25, 0.3) is 0 Å². The molecule has 1 amide bonds. The van der Waals surface area contributed by atoms with Gasteiger partial charge in [0.05, 0.1) is 11.1 Å². The molecule has 2 aromatic carbocycles. The minimum Gasteiger partial charge on any atom is -0.507 e. The quantitative estimate of drug-likeness (QED) is 0.638. The molecule has 0 fully saturated rings. The maximum Gasteiger partial charge on any atom is 0.281 e. The predicted octanol–water partition coefficient (Wildman–Crippen LogP) is 1.59. The van der Waals surface area contributed by atoms with Gasteiger partial charge in [-0.3, -0.25) is 10.0 Å². The van der Waals surface area contributed by atoms with E-state index in [-0.39, 0.29) is 34.0 Å². The fourth-order valence-electron chi connectivity index (χ4n) is 2.97. The number of hydrogen-bond donors (Lipinski definition) is 4. The molecule has 23 heavy (non-hydrogen) atoms. The molecular formula is C16H15ClN2O4. The van der Waals surface area contributed by atoms with Crippen molar-refractivity contribution < 1.29 is 20.2 Å². The number of rotatable bonds is 3. The second kappa shape index (κ2) is 5.50. The van der Waals surface area contributed by atoms with Gasteiger partial charge in [0.15, 0.2) is 0 Å². The summed E-state index contributed by atoms with van der Waals surface area (Å²) < 4.78 is 0. The average molecular weight is 335 g/mol. The third-order valence-electron chi connectivity index (χ3n) is 3.98. The average Bonchev–Trinajstić information content (AvgIpc) is 2.71. The largest absolute Gasteiger partial charge is 0.507 e. The molecule has 0 spiro atoms. The number of carbonyl (C=O) groups is 1. The van der Waals surface area contributed by atoms with Crippen LogP contribution in [0.4, 0.5) is 0 Å². The molecule has 0 aromatic heterocycles. The van der Waals surface area contributed by atoms with Gasteiger partial charge >= 0.3 is 0 Å². The molecule has 1 aliphatic heterocycles. The highest BCUT2D eigenvalue weighted by molar-refractivity contribution is 6.30. The lowest BCUT2D eigenvalue weighted by atomic mass is 9.89. The third kappa shape index (κ3) is 2.19. The normalized spacial score (nSPS) is 20.0. The topological polar surface area (TPSA) is 107 Å². The summed E-state index contributed by atoms with van der Waals surface area (Å²) in [6.45, 7) is 0.288. The lowest BCUT2D eigenvalue weighted by Crippen LogP contribution is -2.43. The number of hydroxylamine groups is 2. The Balaban J connectivity index is 2.30. The molecule has 1 heterocycles. The smallest absolute Gasteiger partial charge is 0.281 e. The highest BCUT2D eigenvalue weighted by atomic mass is 35.5. The Hall–Kier alpha value is -2.12. The number of hydrogen-bond acceptors (Lipinski definition) is 5. The van der Waals surface area contributed by atoms with E-state index < -0.39 is 11.6 Å². The molecule has 3 rings (SSSR count). The van der Waals surface area contributed by atoms with Crippen molar-refractivity contribution in [3.05, 3.63) is 63.7 Å². The summed E-state index contributed by atoms with van der Waals surface area (Å²) in [5, 5.41) is 32.2. The van der Waals surface area contributed by atoms with Gasteiger partial charge in [0.25, 0.3) is 5.91 Å². The van der Waals surface area contributed by atoms with Gasteiger partial charge in [-0.15, -0.1) is 0 Å². The van der Waals surface area contributed by atoms with Crippen molar-refractivity contribution in [3.8, 4) is 5.75 Å². The predicted molar refractivity (Wildman–Crippen MR) is 83.3 cm³/mol. The van der Waals surface area contributed by atoms with Crippen molar-refractivity contribution >= 4 is 17.5 Å². The molecule has 1 aliphatic rings. The van der Waals surface area contributed by atoms with Crippen molar-refractivity contribution in [2.24, 2.45) is 5.73 Å². The third-order valence-corrected chi connectivity index (χ3v) is 4.21. The number of aromatic hydroxyl groups is 1. The Morgan fingerprint density at radius 3 is 2.70 bits per heavy atom. The maximum atomic E-state index is 12.2. The zero-order chi connectivity index (χ0) is 16.8. The van der Waals surface area contributed by atoms with E-state index in [1.807, 2.05) is 0 Å². The lowest BCUT2D eigenvalue weighted by Gasteiger charge is -2.31. The molecule has 1 atom stereocenters. The molecule has 0 aliphatic carbocycles. The van der Waals surface area contributed by atoms with Gasteiger partial charge in [-0.1, -0.05) is 23.7 Å². The van der Waals surface area contributed by atoms with E-state index in [2.05, 4.69) is 0 Å². The van der Waals surface area contributed by atoms with E-state index in [0.717, 1.165) is 0 Å². The van der Waals surface area contributed by atoms with Crippen molar-refractivity contribution in [1.82, 2.24) is 5.06 Å². The number of nitrogens with zero attached hydrogens (tertiary/aromatic N) is 1. The van der Waals surface area contributed by atoms with E-state index >= 15 is 0 Å². The van der Waals surface area contributed by atoms with Crippen LogP contribution in [0.1, 0.15) is 27.0 Å². The maximum absolute atomic E-state index is 12.2. The first-order valence-corrected chi connectivity index (χ1v) is 7.36. The highest BCUT2D eigenvalue weighted by Crippen LogP contribution is 2.46. The van der Waals surface area contributed by atoms with Crippen LogP contribution in [0, 0.1) is 0 Å². The molecule has 120 valence electrons. The molecule has 2 aromatic rings. The molecular weight excluding hydrogens is 320 g/mol. The molecule has 5 N–H and O–H groups in total. The minimum absolute atomic E-state index is 0.0312. The molecule has 0 saturated heterocycles. The Labute approximate surface area is 137 Å². The summed E-state index contributed by atoms with van der Waals surface area (Å²) in [5.74, 6) is -1.09. The standard InChI is InChI=1S/C16H15ClN2O4/c17-10-4-5-12(9(8-10)6-7-18)16(22)14-11(15(21)19(16)23)2-1-3-13(14)20/h1-5,8,20,22-23H,6-7,18H2. The van der Waals surface area contributed by atoms with Gasteiger partial charge in [0, 0.05) is 10.6 Å². The van der Waals surface area contributed by atoms with E-state index in [4.69, 9.17) is 17.3 Å². The van der Waals surface area contributed by atoms with Crippen LogP contribution in [-0.2, 0) is 12.1 Å². The first kappa shape index (κ1) is 15.8. The molecule has 1 unspecified atom stereocenters. The number of halogens is 1. The number of amides is 1. The minimum atomic E-state index is -2.20. The SMILES string of the molecule is NCCc1cc(Cl)ccc1C1(O)c2c(O)cccc2C(=O)N1O. The Bertz CT molecular complexity index is 796. The van der Waals surface area contributed by atoms with E-state index in [1.54, 1.807) is 6.07 Å². The van der Waals surface area contributed by atoms with E-state index in [0.29, 0.717) is 17.0 Å². The number of phenolic OH excluding ortho intramolecular Hbond substituents is 1. The molecule has 0 bridgehead atoms. The second-order valence-electron chi connectivity index (χ2n) is 5.33. The van der Waals surface area contributed by atoms with Crippen molar-refractivity contribution in [2.45, 2.75) is 12.1 Å². The number of phenols is 1. The number of aliphatic hydroxyl groups is 1. The fraction of sp³-hybridized carbons (Fsp3) is 0.188. The van der Waals surface area contributed by atoms with Gasteiger partial charge in [0.1, 0.15) is 5.75 Å². The summed E-state index contributed by atoms with van der Waals surface area (Å²) in [6.07, 6.45) is 0.378. The summed E-state index contributed by atoms with van der Waals surface area (Å²) >= 11 is 5.99. The Morgan fingerprint density at radius 1 is 1.26 bits per heavy atom. The summed E-state index contributed by atoms with van der Waals surface area (Å²) in [5.41, 5.74) is 4.17. The van der Waals surface area contributed by atoms with Crippen LogP contribution in [-0.4, -0.2) is 32.9 Å². The Morgan fingerprint density at radius 2 is 2.00 bits per heavy atom. The summed E-state index contributed by atoms with van der Waals surface area (Å²) in [6, 6.07) is 8.88. The second-order valence-corrected chi connectivity index (χ2v) is 5.77. The van der Waals surface area contributed by atoms with Crippen molar-refractivity contribution in [1.29, 1.82) is 0 Å². The van der Waals surface area contributed by atoms with Crippen LogP contribution < -0.4 is 5.73 Å². The van der Waals surface area contributed by atoms with Gasteiger partial charge < -0.3 is 15.9 Å². The molecule has 6 nitrogen and oxygen atoms in total. The highest BCUT2D eigenvalue weighted by Gasteiger charge is 2.52. The number of benzene rings is 2. The lowest BCUT2D eigenvalue weighted by molar-refractivity contribution is -0.203. The van der Waals surface area contributed by atoms with Crippen molar-refractivity contribution in [2.75, 3.05) is 6.54 Å². The first-order chi connectivity index (χ1) is 10.9. The fourth-order valence-corrected chi connectivity index (χ4v) is 3.16. The summed E-state index contributed by atoms with van der Waals surface area (Å²) in [4.78, 5) is 12.2. The van der Waals surface area contributed by atoms with E-state index in [1.165, 1.54) is 30.3 Å². The number of carbonyl (C=O) groups excluding carboxylic acids is 1. The zero-order valence-electron chi connectivity index (χ0n) is 12.0. The first-order valence-electron chi connectivity index (χ1n) is 6.98. The van der Waals surface area contributed by atoms with Crippen LogP contribution in [0.5, 0.6) is 5.75 Å². The van der Waals surface area contributed by atoms with Crippen molar-refractivity contribution in [3.63, 3.8) is 0 Å². The van der Waals surface area contributed by atoms with Gasteiger partial charge in [-0.25, -0.2) is 0 Å². The summed E-state index contributed by atoms with van der Waals surface area (Å²) in [7, 11) is 0. The van der Waals surface area contributed by atoms with Crippen LogP contribution >= 0.6 is 11.6 Å². The zero-order valence-corrected chi connectivity index (χ0v) is 12.8. The Kier molecular flexibility index (Phi) is 3.77. The number of nitrogens with two attached hydrogens (primary N) is 1. The monoisotopic (exact) mass is 334 g/mol. The molecule has 7 heteroatoms. The molecule has 0 saturated carbocycles. The van der Waals surface area contributed by atoms with Crippen LogP contribution in [0.3, 0.4) is 0 Å². The van der Waals surface area contributed by atoms with Crippen LogP contribution in [0.15, 0.2) is 36.4 Å². The van der Waals surface area contributed by atoms with Gasteiger partial charge in [0.2, 0.25) is 5.72 Å². The van der Waals surface area contributed by atoms with Gasteiger partial charge in [-0.2, -0.15) is 5.06 Å². The van der Waals surface area contributed by atoms with Crippen LogP contribution in [0.2, 0.25) is 5.02 Å². The van der Waals surface area contributed by atoms with E-state index in [9.17, 15) is 20.2 Å².